The average Bonchev–Trinajstić information content (AvgIpc) is 2.35. The van der Waals surface area contributed by atoms with Crippen LogP contribution < -0.4 is 4.90 Å². The van der Waals surface area contributed by atoms with Gasteiger partial charge in [0.05, 0.1) is 6.07 Å². The molecule has 1 fully saturated rings. The molecular formula is C16H21BrN2. The van der Waals surface area contributed by atoms with E-state index in [1.165, 1.54) is 11.3 Å². The van der Waals surface area contributed by atoms with Gasteiger partial charge in [0.1, 0.15) is 0 Å². The van der Waals surface area contributed by atoms with Crippen LogP contribution in [0.1, 0.15) is 38.7 Å². The fourth-order valence-corrected chi connectivity index (χ4v) is 3.08. The van der Waals surface area contributed by atoms with Gasteiger partial charge in [-0.2, -0.15) is 5.26 Å². The lowest BCUT2D eigenvalue weighted by Gasteiger charge is -2.47. The number of benzene rings is 1. The van der Waals surface area contributed by atoms with E-state index in [-0.39, 0.29) is 5.54 Å². The Labute approximate surface area is 124 Å². The van der Waals surface area contributed by atoms with Gasteiger partial charge in [0.25, 0.3) is 0 Å². The molecule has 102 valence electrons. The normalized spacial score (nSPS) is 22.1. The fourth-order valence-electron chi connectivity index (χ4n) is 2.84. The predicted octanol–water partition coefficient (Wildman–Crippen LogP) is 4.67. The van der Waals surface area contributed by atoms with Gasteiger partial charge in [0.15, 0.2) is 0 Å². The van der Waals surface area contributed by atoms with Gasteiger partial charge in [-0.05, 0) is 63.3 Å². The van der Waals surface area contributed by atoms with Crippen LogP contribution >= 0.6 is 15.9 Å². The Hall–Kier alpha value is -1.01. The molecule has 19 heavy (non-hydrogen) atoms. The number of nitrogens with zero attached hydrogens (tertiary/aromatic N) is 2. The van der Waals surface area contributed by atoms with Crippen molar-refractivity contribution in [2.45, 2.75) is 45.6 Å². The van der Waals surface area contributed by atoms with Crippen LogP contribution in [-0.4, -0.2) is 12.1 Å². The lowest BCUT2D eigenvalue weighted by Crippen LogP contribution is -2.50. The van der Waals surface area contributed by atoms with Crippen molar-refractivity contribution in [3.8, 4) is 6.07 Å². The van der Waals surface area contributed by atoms with Crippen molar-refractivity contribution < 1.29 is 0 Å². The summed E-state index contributed by atoms with van der Waals surface area (Å²) in [6.07, 6.45) is 2.98. The van der Waals surface area contributed by atoms with Gasteiger partial charge in [0, 0.05) is 28.7 Å². The molecule has 1 aromatic rings. The van der Waals surface area contributed by atoms with E-state index in [2.05, 4.69) is 65.9 Å². The van der Waals surface area contributed by atoms with Crippen molar-refractivity contribution in [3.05, 3.63) is 28.2 Å². The Morgan fingerprint density at radius 1 is 1.47 bits per heavy atom. The molecule has 2 nitrogen and oxygen atoms in total. The number of hydrogen-bond donors (Lipinski definition) is 0. The zero-order chi connectivity index (χ0) is 14.0. The Balaban J connectivity index is 2.28. The highest BCUT2D eigenvalue weighted by atomic mass is 79.9. The standard InChI is InChI=1S/C16H21BrN2/c1-12-10-14(4-5-15(12)17)19-11-13(7-9-18)6-8-16(19,2)3/h4-5,10,13H,6-8,11H2,1-3H3. The zero-order valence-electron chi connectivity index (χ0n) is 11.9. The van der Waals surface area contributed by atoms with Gasteiger partial charge in [0.2, 0.25) is 0 Å². The SMILES string of the molecule is Cc1cc(N2CC(CC#N)CCC2(C)C)ccc1Br. The second kappa shape index (κ2) is 5.54. The van der Waals surface area contributed by atoms with Crippen LogP contribution in [0, 0.1) is 24.2 Å². The molecule has 2 rings (SSSR count). The largest absolute Gasteiger partial charge is 0.366 e. The number of rotatable bonds is 2. The molecule has 0 spiro atoms. The van der Waals surface area contributed by atoms with E-state index >= 15 is 0 Å². The molecule has 0 bridgehead atoms. The van der Waals surface area contributed by atoms with Gasteiger partial charge in [-0.25, -0.2) is 0 Å². The van der Waals surface area contributed by atoms with Crippen LogP contribution in [0.4, 0.5) is 5.69 Å². The molecule has 1 atom stereocenters. The molecule has 1 saturated heterocycles. The van der Waals surface area contributed by atoms with E-state index in [4.69, 9.17) is 5.26 Å². The first-order chi connectivity index (χ1) is 8.94. The predicted molar refractivity (Wildman–Crippen MR) is 83.3 cm³/mol. The van der Waals surface area contributed by atoms with Gasteiger partial charge >= 0.3 is 0 Å². The van der Waals surface area contributed by atoms with Crippen molar-refractivity contribution in [3.63, 3.8) is 0 Å². The van der Waals surface area contributed by atoms with Crippen molar-refractivity contribution in [2.75, 3.05) is 11.4 Å². The molecule has 0 aliphatic carbocycles. The van der Waals surface area contributed by atoms with Crippen LogP contribution in [0.25, 0.3) is 0 Å². The number of halogens is 1. The quantitative estimate of drug-likeness (QED) is 0.792. The maximum absolute atomic E-state index is 8.91. The van der Waals surface area contributed by atoms with Crippen molar-refractivity contribution in [2.24, 2.45) is 5.92 Å². The molecule has 1 aliphatic rings. The van der Waals surface area contributed by atoms with Gasteiger partial charge < -0.3 is 4.90 Å². The first-order valence-electron chi connectivity index (χ1n) is 6.85. The fraction of sp³-hybridized carbons (Fsp3) is 0.562. The van der Waals surface area contributed by atoms with Gasteiger partial charge in [-0.1, -0.05) is 15.9 Å². The summed E-state index contributed by atoms with van der Waals surface area (Å²) in [6, 6.07) is 8.85. The van der Waals surface area contributed by atoms with Crippen molar-refractivity contribution in [1.82, 2.24) is 0 Å². The van der Waals surface area contributed by atoms with Gasteiger partial charge in [-0.15, -0.1) is 0 Å². The smallest absolute Gasteiger partial charge is 0.0625 e. The van der Waals surface area contributed by atoms with E-state index < -0.39 is 0 Å². The summed E-state index contributed by atoms with van der Waals surface area (Å²) in [5.74, 6) is 0.502. The monoisotopic (exact) mass is 320 g/mol. The Morgan fingerprint density at radius 3 is 2.84 bits per heavy atom. The molecule has 1 unspecified atom stereocenters. The summed E-state index contributed by atoms with van der Waals surface area (Å²) in [6.45, 7) is 7.71. The second-order valence-electron chi connectivity index (χ2n) is 6.12. The van der Waals surface area contributed by atoms with Gasteiger partial charge in [-0.3, -0.25) is 0 Å². The number of piperidine rings is 1. The summed E-state index contributed by atoms with van der Waals surface area (Å²) in [5.41, 5.74) is 2.70. The first kappa shape index (κ1) is 14.4. The first-order valence-corrected chi connectivity index (χ1v) is 7.64. The highest BCUT2D eigenvalue weighted by molar-refractivity contribution is 9.10. The zero-order valence-corrected chi connectivity index (χ0v) is 13.5. The van der Waals surface area contributed by atoms with E-state index in [0.717, 1.165) is 23.9 Å². The topological polar surface area (TPSA) is 27.0 Å². The molecule has 0 radical (unpaired) electrons. The molecule has 1 aromatic carbocycles. The number of hydrogen-bond acceptors (Lipinski definition) is 2. The van der Waals surface area contributed by atoms with E-state index in [0.29, 0.717) is 12.3 Å². The molecule has 3 heteroatoms. The van der Waals surface area contributed by atoms with Crippen LogP contribution in [0.15, 0.2) is 22.7 Å². The van der Waals surface area contributed by atoms with Crippen LogP contribution in [0.2, 0.25) is 0 Å². The van der Waals surface area contributed by atoms with Crippen molar-refractivity contribution >= 4 is 21.6 Å². The third kappa shape index (κ3) is 3.12. The Kier molecular flexibility index (Phi) is 4.20. The summed E-state index contributed by atoms with van der Waals surface area (Å²) >= 11 is 3.56. The summed E-state index contributed by atoms with van der Waals surface area (Å²) in [5, 5.41) is 8.91. The van der Waals surface area contributed by atoms with Crippen molar-refractivity contribution in [1.29, 1.82) is 5.26 Å². The number of aryl methyl sites for hydroxylation is 1. The Morgan fingerprint density at radius 2 is 2.21 bits per heavy atom. The molecule has 0 amide bonds. The summed E-state index contributed by atoms with van der Waals surface area (Å²) in [4.78, 5) is 2.47. The molecule has 0 aromatic heterocycles. The van der Waals surface area contributed by atoms with Crippen LogP contribution in [0.5, 0.6) is 0 Å². The van der Waals surface area contributed by atoms with Crippen LogP contribution in [0.3, 0.4) is 0 Å². The molecule has 0 saturated carbocycles. The van der Waals surface area contributed by atoms with Crippen LogP contribution in [-0.2, 0) is 0 Å². The average molecular weight is 321 g/mol. The second-order valence-corrected chi connectivity index (χ2v) is 6.98. The molecular weight excluding hydrogens is 300 g/mol. The summed E-state index contributed by atoms with van der Waals surface area (Å²) < 4.78 is 1.15. The minimum Gasteiger partial charge on any atom is -0.366 e. The minimum atomic E-state index is 0.173. The lowest BCUT2D eigenvalue weighted by atomic mass is 9.83. The lowest BCUT2D eigenvalue weighted by molar-refractivity contribution is 0.293. The maximum Gasteiger partial charge on any atom is 0.0625 e. The summed E-state index contributed by atoms with van der Waals surface area (Å²) in [7, 11) is 0. The highest BCUT2D eigenvalue weighted by Crippen LogP contribution is 2.36. The Bertz CT molecular complexity index is 502. The number of anilines is 1. The molecule has 1 aliphatic heterocycles. The van der Waals surface area contributed by atoms with E-state index in [1.807, 2.05) is 0 Å². The molecule has 1 heterocycles. The highest BCUT2D eigenvalue weighted by Gasteiger charge is 2.34. The third-order valence-corrected chi connectivity index (χ3v) is 5.06. The van der Waals surface area contributed by atoms with E-state index in [1.54, 1.807) is 0 Å². The maximum atomic E-state index is 8.91. The molecule has 0 N–H and O–H groups in total. The number of nitriles is 1. The minimum absolute atomic E-state index is 0.173. The third-order valence-electron chi connectivity index (χ3n) is 4.17. The van der Waals surface area contributed by atoms with E-state index in [9.17, 15) is 0 Å².